The number of amides is 1. The summed E-state index contributed by atoms with van der Waals surface area (Å²) in [6.45, 7) is 4.25. The van der Waals surface area contributed by atoms with Crippen molar-refractivity contribution in [3.05, 3.63) is 65.7 Å². The topological polar surface area (TPSA) is 55.4 Å². The number of nitrogens with one attached hydrogen (secondary N) is 1. The zero-order valence-corrected chi connectivity index (χ0v) is 12.7. The van der Waals surface area contributed by atoms with Gasteiger partial charge in [-0.25, -0.2) is 4.79 Å². The van der Waals surface area contributed by atoms with Crippen molar-refractivity contribution in [3.63, 3.8) is 0 Å². The predicted octanol–water partition coefficient (Wildman–Crippen LogP) is 4.12. The highest BCUT2D eigenvalue weighted by molar-refractivity contribution is 6.13. The number of hydrogen-bond donors (Lipinski definition) is 1. The molecule has 0 fully saturated rings. The molecular weight excluding hydrogens is 278 g/mol. The van der Waals surface area contributed by atoms with Crippen LogP contribution in [0.4, 0.5) is 10.5 Å². The van der Waals surface area contributed by atoms with Gasteiger partial charge in [0.1, 0.15) is 0 Å². The van der Waals surface area contributed by atoms with Gasteiger partial charge in [-0.1, -0.05) is 56.3 Å². The van der Waals surface area contributed by atoms with Crippen molar-refractivity contribution in [1.82, 2.24) is 0 Å². The quantitative estimate of drug-likeness (QED) is 0.844. The number of ketones is 1. The van der Waals surface area contributed by atoms with E-state index in [9.17, 15) is 9.59 Å². The van der Waals surface area contributed by atoms with Crippen molar-refractivity contribution in [2.75, 3.05) is 11.9 Å². The number of carbonyl (C=O) groups excluding carboxylic acids is 2. The van der Waals surface area contributed by atoms with E-state index in [1.807, 2.05) is 19.9 Å². The second kappa shape index (κ2) is 7.41. The van der Waals surface area contributed by atoms with E-state index in [2.05, 4.69) is 5.32 Å². The first-order chi connectivity index (χ1) is 10.6. The van der Waals surface area contributed by atoms with Gasteiger partial charge in [-0.3, -0.25) is 10.1 Å². The number of hydrogen-bond acceptors (Lipinski definition) is 3. The Hall–Kier alpha value is -2.62. The van der Waals surface area contributed by atoms with E-state index < -0.39 is 6.09 Å². The minimum absolute atomic E-state index is 0.139. The molecule has 0 aliphatic heterocycles. The molecule has 0 saturated heterocycles. The third kappa shape index (κ3) is 4.19. The first-order valence-corrected chi connectivity index (χ1v) is 7.20. The number of para-hydroxylation sites is 1. The van der Waals surface area contributed by atoms with Crippen LogP contribution in [0.15, 0.2) is 54.6 Å². The highest BCUT2D eigenvalue weighted by atomic mass is 16.5. The molecule has 1 amide bonds. The summed E-state index contributed by atoms with van der Waals surface area (Å²) in [5, 5.41) is 2.63. The van der Waals surface area contributed by atoms with Gasteiger partial charge in [0, 0.05) is 11.1 Å². The lowest BCUT2D eigenvalue weighted by atomic mass is 10.0. The van der Waals surface area contributed by atoms with E-state index in [-0.39, 0.29) is 11.7 Å². The molecule has 1 N–H and O–H groups in total. The Kier molecular flexibility index (Phi) is 5.31. The predicted molar refractivity (Wildman–Crippen MR) is 86.1 cm³/mol. The van der Waals surface area contributed by atoms with Crippen LogP contribution in [0.3, 0.4) is 0 Å². The Bertz CT molecular complexity index is 650. The number of anilines is 1. The second-order valence-corrected chi connectivity index (χ2v) is 5.36. The van der Waals surface area contributed by atoms with Gasteiger partial charge in [0.25, 0.3) is 0 Å². The maximum atomic E-state index is 12.5. The van der Waals surface area contributed by atoms with Gasteiger partial charge < -0.3 is 4.74 Å². The van der Waals surface area contributed by atoms with Crippen molar-refractivity contribution in [1.29, 1.82) is 0 Å². The number of rotatable bonds is 5. The van der Waals surface area contributed by atoms with Crippen LogP contribution in [0.25, 0.3) is 0 Å². The lowest BCUT2D eigenvalue weighted by molar-refractivity contribution is 0.103. The summed E-state index contributed by atoms with van der Waals surface area (Å²) in [6.07, 6.45) is -0.554. The minimum atomic E-state index is -0.554. The molecule has 0 aliphatic rings. The Morgan fingerprint density at radius 2 is 1.64 bits per heavy atom. The molecule has 0 spiro atoms. The molecule has 4 heteroatoms. The molecule has 0 bridgehead atoms. The van der Waals surface area contributed by atoms with Gasteiger partial charge in [0.15, 0.2) is 5.78 Å². The molecule has 0 aliphatic carbocycles. The zero-order valence-electron chi connectivity index (χ0n) is 12.7. The summed E-state index contributed by atoms with van der Waals surface area (Å²) in [4.78, 5) is 24.3. The average molecular weight is 297 g/mol. The van der Waals surface area contributed by atoms with Gasteiger partial charge in [0.05, 0.1) is 12.3 Å². The lowest BCUT2D eigenvalue weighted by Gasteiger charge is -2.12. The Balaban J connectivity index is 2.17. The standard InChI is InChI=1S/C18H19NO3/c1-13(2)12-22-18(21)19-16-11-7-6-10-15(16)17(20)14-8-4-3-5-9-14/h3-11,13H,12H2,1-2H3,(H,19,21). The summed E-state index contributed by atoms with van der Waals surface area (Å²) in [6, 6.07) is 15.9. The van der Waals surface area contributed by atoms with Crippen LogP contribution < -0.4 is 5.32 Å². The van der Waals surface area contributed by atoms with Crippen LogP contribution in [-0.4, -0.2) is 18.5 Å². The van der Waals surface area contributed by atoms with Gasteiger partial charge in [-0.2, -0.15) is 0 Å². The first-order valence-electron chi connectivity index (χ1n) is 7.20. The SMILES string of the molecule is CC(C)COC(=O)Nc1ccccc1C(=O)c1ccccc1. The van der Waals surface area contributed by atoms with Crippen LogP contribution in [-0.2, 0) is 4.74 Å². The highest BCUT2D eigenvalue weighted by Gasteiger charge is 2.15. The van der Waals surface area contributed by atoms with Crippen LogP contribution in [0.5, 0.6) is 0 Å². The van der Waals surface area contributed by atoms with Crippen molar-refractivity contribution < 1.29 is 14.3 Å². The maximum absolute atomic E-state index is 12.5. The minimum Gasteiger partial charge on any atom is -0.449 e. The third-order valence-electron chi connectivity index (χ3n) is 2.99. The molecule has 2 rings (SSSR count). The summed E-state index contributed by atoms with van der Waals surface area (Å²) in [5.74, 6) is 0.118. The van der Waals surface area contributed by atoms with E-state index >= 15 is 0 Å². The molecule has 2 aromatic rings. The Morgan fingerprint density at radius 3 is 2.32 bits per heavy atom. The van der Waals surface area contributed by atoms with E-state index in [1.54, 1.807) is 48.5 Å². The van der Waals surface area contributed by atoms with Crippen molar-refractivity contribution in [2.24, 2.45) is 5.92 Å². The van der Waals surface area contributed by atoms with E-state index in [1.165, 1.54) is 0 Å². The molecule has 22 heavy (non-hydrogen) atoms. The molecule has 0 atom stereocenters. The molecular formula is C18H19NO3. The monoisotopic (exact) mass is 297 g/mol. The zero-order chi connectivity index (χ0) is 15.9. The molecule has 4 nitrogen and oxygen atoms in total. The fraction of sp³-hybridized carbons (Fsp3) is 0.222. The third-order valence-corrected chi connectivity index (χ3v) is 2.99. The van der Waals surface area contributed by atoms with Crippen LogP contribution in [0.2, 0.25) is 0 Å². The van der Waals surface area contributed by atoms with Gasteiger partial charge in [-0.05, 0) is 18.1 Å². The van der Waals surface area contributed by atoms with Crippen molar-refractivity contribution >= 4 is 17.6 Å². The molecule has 114 valence electrons. The fourth-order valence-electron chi connectivity index (χ4n) is 1.92. The van der Waals surface area contributed by atoms with E-state index in [4.69, 9.17) is 4.74 Å². The van der Waals surface area contributed by atoms with Gasteiger partial charge >= 0.3 is 6.09 Å². The van der Waals surface area contributed by atoms with Crippen LogP contribution in [0.1, 0.15) is 29.8 Å². The summed E-state index contributed by atoms with van der Waals surface area (Å²) >= 11 is 0. The van der Waals surface area contributed by atoms with E-state index in [0.717, 1.165) is 0 Å². The second-order valence-electron chi connectivity index (χ2n) is 5.36. The highest BCUT2D eigenvalue weighted by Crippen LogP contribution is 2.19. The van der Waals surface area contributed by atoms with Gasteiger partial charge in [-0.15, -0.1) is 0 Å². The van der Waals surface area contributed by atoms with Crippen LogP contribution >= 0.6 is 0 Å². The molecule has 0 radical (unpaired) electrons. The molecule has 0 heterocycles. The largest absolute Gasteiger partial charge is 0.449 e. The number of carbonyl (C=O) groups is 2. The van der Waals surface area contributed by atoms with Crippen molar-refractivity contribution in [2.45, 2.75) is 13.8 Å². The Morgan fingerprint density at radius 1 is 1.00 bits per heavy atom. The summed E-state index contributed by atoms with van der Waals surface area (Å²) in [5.41, 5.74) is 1.47. The number of benzene rings is 2. The molecule has 0 saturated carbocycles. The summed E-state index contributed by atoms with van der Waals surface area (Å²) < 4.78 is 5.09. The van der Waals surface area contributed by atoms with Crippen molar-refractivity contribution in [3.8, 4) is 0 Å². The molecule has 0 unspecified atom stereocenters. The molecule has 2 aromatic carbocycles. The number of ether oxygens (including phenoxy) is 1. The first kappa shape index (κ1) is 15.8. The average Bonchev–Trinajstić information content (AvgIpc) is 2.53. The smallest absolute Gasteiger partial charge is 0.411 e. The van der Waals surface area contributed by atoms with Crippen LogP contribution in [0, 0.1) is 5.92 Å². The van der Waals surface area contributed by atoms with E-state index in [0.29, 0.717) is 23.4 Å². The fourth-order valence-corrected chi connectivity index (χ4v) is 1.92. The van der Waals surface area contributed by atoms with Gasteiger partial charge in [0.2, 0.25) is 0 Å². The molecule has 0 aromatic heterocycles. The lowest BCUT2D eigenvalue weighted by Crippen LogP contribution is -2.18. The summed E-state index contributed by atoms with van der Waals surface area (Å²) in [7, 11) is 0. The Labute approximate surface area is 130 Å². The normalized spacial score (nSPS) is 10.3. The maximum Gasteiger partial charge on any atom is 0.411 e.